The molecular weight excluding hydrogens is 439 g/mol. The van der Waals surface area contributed by atoms with Gasteiger partial charge in [-0.3, -0.25) is 0 Å². The third-order valence-electron chi connectivity index (χ3n) is 3.93. The average molecular weight is 453 g/mol. The molecule has 0 aliphatic carbocycles. The molecule has 2 aromatic carbocycles. The Bertz CT molecular complexity index is 897. The maximum Gasteiger partial charge on any atom is 0.137 e. The molecule has 1 unspecified atom stereocenters. The minimum absolute atomic E-state index is 0.0760. The van der Waals surface area contributed by atoms with Gasteiger partial charge in [0.1, 0.15) is 17.2 Å². The van der Waals surface area contributed by atoms with E-state index in [2.05, 4.69) is 39.5 Å². The molecule has 0 aliphatic rings. The molecule has 0 fully saturated rings. The van der Waals surface area contributed by atoms with Crippen LogP contribution in [0.3, 0.4) is 0 Å². The van der Waals surface area contributed by atoms with Gasteiger partial charge in [0.2, 0.25) is 0 Å². The molecule has 25 heavy (non-hydrogen) atoms. The standard InChI is InChI=1S/C18H14F2IN3O/c1-12(13-2-5-15(21)6-3-13)18(25,11-24-9-8-22-23-24)16-7-4-14(19)10-17(16)20/h2-10,25H,1,11H2. The Morgan fingerprint density at radius 3 is 2.52 bits per heavy atom. The van der Waals surface area contributed by atoms with E-state index in [0.29, 0.717) is 5.56 Å². The predicted octanol–water partition coefficient (Wildman–Crippen LogP) is 3.76. The third kappa shape index (κ3) is 3.62. The van der Waals surface area contributed by atoms with Crippen molar-refractivity contribution in [2.75, 3.05) is 0 Å². The molecule has 0 aliphatic heterocycles. The summed E-state index contributed by atoms with van der Waals surface area (Å²) in [6, 6.07) is 10.4. The molecule has 0 bridgehead atoms. The fourth-order valence-electron chi connectivity index (χ4n) is 2.61. The highest BCUT2D eigenvalue weighted by Gasteiger charge is 2.37. The van der Waals surface area contributed by atoms with Gasteiger partial charge in [-0.05, 0) is 58.0 Å². The lowest BCUT2D eigenvalue weighted by Crippen LogP contribution is -2.34. The SMILES string of the molecule is C=C(c1ccc(I)cc1)C(O)(Cn1ccnn1)c1ccc(F)cc1F. The molecule has 0 radical (unpaired) electrons. The number of nitrogens with zero attached hydrogens (tertiary/aromatic N) is 3. The predicted molar refractivity (Wildman–Crippen MR) is 98.5 cm³/mol. The monoisotopic (exact) mass is 453 g/mol. The molecule has 128 valence electrons. The number of halogens is 3. The van der Waals surface area contributed by atoms with Gasteiger partial charge >= 0.3 is 0 Å². The maximum atomic E-state index is 14.4. The van der Waals surface area contributed by atoms with Gasteiger partial charge < -0.3 is 5.11 Å². The van der Waals surface area contributed by atoms with E-state index in [4.69, 9.17) is 0 Å². The zero-order chi connectivity index (χ0) is 18.0. The van der Waals surface area contributed by atoms with Crippen LogP contribution in [0, 0.1) is 15.2 Å². The van der Waals surface area contributed by atoms with Crippen molar-refractivity contribution in [3.05, 3.63) is 87.8 Å². The summed E-state index contributed by atoms with van der Waals surface area (Å²) in [7, 11) is 0. The Balaban J connectivity index is 2.10. The van der Waals surface area contributed by atoms with E-state index in [1.54, 1.807) is 18.3 Å². The lowest BCUT2D eigenvalue weighted by Gasteiger charge is -2.31. The van der Waals surface area contributed by atoms with Crippen LogP contribution in [0.15, 0.2) is 61.4 Å². The van der Waals surface area contributed by atoms with Gasteiger partial charge in [0.25, 0.3) is 0 Å². The van der Waals surface area contributed by atoms with Crippen molar-refractivity contribution < 1.29 is 13.9 Å². The normalized spacial score (nSPS) is 13.4. The highest BCUT2D eigenvalue weighted by Crippen LogP contribution is 2.38. The second kappa shape index (κ2) is 7.01. The molecule has 0 spiro atoms. The number of hydrogen-bond acceptors (Lipinski definition) is 3. The first kappa shape index (κ1) is 17.7. The van der Waals surface area contributed by atoms with Crippen molar-refractivity contribution in [2.45, 2.75) is 12.1 Å². The van der Waals surface area contributed by atoms with Crippen LogP contribution in [-0.2, 0) is 12.1 Å². The number of rotatable bonds is 5. The van der Waals surface area contributed by atoms with Gasteiger partial charge in [0.15, 0.2) is 0 Å². The molecule has 0 amide bonds. The second-order valence-electron chi connectivity index (χ2n) is 5.57. The maximum absolute atomic E-state index is 14.4. The minimum Gasteiger partial charge on any atom is -0.378 e. The number of aromatic nitrogens is 3. The summed E-state index contributed by atoms with van der Waals surface area (Å²) in [5, 5.41) is 18.9. The summed E-state index contributed by atoms with van der Waals surface area (Å²) in [6.45, 7) is 3.86. The Labute approximate surface area is 156 Å². The summed E-state index contributed by atoms with van der Waals surface area (Å²) in [5.41, 5.74) is -0.970. The Morgan fingerprint density at radius 1 is 1.20 bits per heavy atom. The van der Waals surface area contributed by atoms with E-state index in [-0.39, 0.29) is 17.7 Å². The molecule has 1 N–H and O–H groups in total. The van der Waals surface area contributed by atoms with Crippen molar-refractivity contribution in [1.29, 1.82) is 0 Å². The van der Waals surface area contributed by atoms with Gasteiger partial charge in [-0.2, -0.15) is 0 Å². The Hall–Kier alpha value is -2.13. The van der Waals surface area contributed by atoms with Gasteiger partial charge in [-0.25, -0.2) is 13.5 Å². The quantitative estimate of drug-likeness (QED) is 0.599. The topological polar surface area (TPSA) is 50.9 Å². The van der Waals surface area contributed by atoms with Crippen LogP contribution in [-0.4, -0.2) is 20.1 Å². The first-order valence-electron chi connectivity index (χ1n) is 7.37. The smallest absolute Gasteiger partial charge is 0.137 e. The van der Waals surface area contributed by atoms with Crippen LogP contribution in [0.2, 0.25) is 0 Å². The number of aliphatic hydroxyl groups is 1. The zero-order valence-corrected chi connectivity index (χ0v) is 15.2. The van der Waals surface area contributed by atoms with E-state index in [1.165, 1.54) is 16.9 Å². The van der Waals surface area contributed by atoms with Gasteiger partial charge in [0.05, 0.1) is 12.7 Å². The van der Waals surface area contributed by atoms with Crippen LogP contribution in [0.1, 0.15) is 11.1 Å². The summed E-state index contributed by atoms with van der Waals surface area (Å²) in [5.74, 6) is -1.57. The fraction of sp³-hybridized carbons (Fsp3) is 0.111. The van der Waals surface area contributed by atoms with Crippen LogP contribution < -0.4 is 0 Å². The number of hydrogen-bond donors (Lipinski definition) is 1. The summed E-state index contributed by atoms with van der Waals surface area (Å²) >= 11 is 2.16. The van der Waals surface area contributed by atoms with E-state index >= 15 is 0 Å². The molecule has 1 atom stereocenters. The first-order valence-corrected chi connectivity index (χ1v) is 8.45. The third-order valence-corrected chi connectivity index (χ3v) is 4.65. The Kier molecular flexibility index (Phi) is 4.96. The van der Waals surface area contributed by atoms with Crippen LogP contribution in [0.5, 0.6) is 0 Å². The highest BCUT2D eigenvalue weighted by atomic mass is 127. The molecule has 7 heteroatoms. The molecule has 0 saturated heterocycles. The van der Waals surface area contributed by atoms with Gasteiger partial charge in [0, 0.05) is 21.4 Å². The lowest BCUT2D eigenvalue weighted by atomic mass is 9.82. The summed E-state index contributed by atoms with van der Waals surface area (Å²) in [4.78, 5) is 0. The lowest BCUT2D eigenvalue weighted by molar-refractivity contribution is 0.0721. The largest absolute Gasteiger partial charge is 0.378 e. The van der Waals surface area contributed by atoms with E-state index < -0.39 is 17.2 Å². The molecule has 4 nitrogen and oxygen atoms in total. The fourth-order valence-corrected chi connectivity index (χ4v) is 2.97. The van der Waals surface area contributed by atoms with Gasteiger partial charge in [-0.1, -0.05) is 23.9 Å². The van der Waals surface area contributed by atoms with Crippen molar-refractivity contribution in [2.24, 2.45) is 0 Å². The first-order chi connectivity index (χ1) is 11.9. The minimum atomic E-state index is -1.82. The molecule has 1 aromatic heterocycles. The Morgan fingerprint density at radius 2 is 1.92 bits per heavy atom. The van der Waals surface area contributed by atoms with Crippen molar-refractivity contribution in [1.82, 2.24) is 15.0 Å². The summed E-state index contributed by atoms with van der Waals surface area (Å²) in [6.07, 6.45) is 3.00. The summed E-state index contributed by atoms with van der Waals surface area (Å²) < 4.78 is 30.1. The molecule has 1 heterocycles. The molecular formula is C18H14F2IN3O. The molecule has 3 aromatic rings. The van der Waals surface area contributed by atoms with Crippen LogP contribution in [0.4, 0.5) is 8.78 Å². The number of benzene rings is 2. The van der Waals surface area contributed by atoms with E-state index in [1.807, 2.05) is 12.1 Å². The molecule has 3 rings (SSSR count). The zero-order valence-electron chi connectivity index (χ0n) is 13.0. The van der Waals surface area contributed by atoms with Crippen LogP contribution in [0.25, 0.3) is 5.57 Å². The van der Waals surface area contributed by atoms with E-state index in [9.17, 15) is 13.9 Å². The van der Waals surface area contributed by atoms with E-state index in [0.717, 1.165) is 15.7 Å². The van der Waals surface area contributed by atoms with Crippen molar-refractivity contribution in [3.63, 3.8) is 0 Å². The van der Waals surface area contributed by atoms with Crippen molar-refractivity contribution >= 4 is 28.2 Å². The van der Waals surface area contributed by atoms with Crippen molar-refractivity contribution in [3.8, 4) is 0 Å². The average Bonchev–Trinajstić information content (AvgIpc) is 3.07. The second-order valence-corrected chi connectivity index (χ2v) is 6.82. The van der Waals surface area contributed by atoms with Gasteiger partial charge in [-0.15, -0.1) is 5.10 Å². The molecule has 0 saturated carbocycles. The highest BCUT2D eigenvalue weighted by molar-refractivity contribution is 14.1. The van der Waals surface area contributed by atoms with Crippen LogP contribution >= 0.6 is 22.6 Å².